The second-order valence-corrected chi connectivity index (χ2v) is 4.69. The van der Waals surface area contributed by atoms with Gasteiger partial charge < -0.3 is 9.47 Å². The van der Waals surface area contributed by atoms with Crippen LogP contribution in [0.15, 0.2) is 18.2 Å². The van der Waals surface area contributed by atoms with Crippen molar-refractivity contribution in [2.75, 3.05) is 5.33 Å². The van der Waals surface area contributed by atoms with Gasteiger partial charge in [0.05, 0.1) is 11.9 Å². The summed E-state index contributed by atoms with van der Waals surface area (Å²) < 4.78 is 11.2. The molecule has 0 unspecified atom stereocenters. The molecule has 0 spiro atoms. The molecule has 1 aliphatic heterocycles. The molecule has 1 aromatic carbocycles. The predicted molar refractivity (Wildman–Crippen MR) is 64.1 cm³/mol. The lowest BCUT2D eigenvalue weighted by Gasteiger charge is -2.33. The van der Waals surface area contributed by atoms with E-state index in [2.05, 4.69) is 15.9 Å². The van der Waals surface area contributed by atoms with Crippen LogP contribution in [0.25, 0.3) is 0 Å². The molecule has 0 N–H and O–H groups in total. The lowest BCUT2D eigenvalue weighted by Crippen LogP contribution is -2.36. The summed E-state index contributed by atoms with van der Waals surface area (Å²) in [6.07, 6.45) is 0. The van der Waals surface area contributed by atoms with Gasteiger partial charge in [0.1, 0.15) is 5.75 Å². The van der Waals surface area contributed by atoms with E-state index in [-0.39, 0.29) is 5.78 Å². The van der Waals surface area contributed by atoms with Gasteiger partial charge in [-0.25, -0.2) is 0 Å². The molecule has 0 radical (unpaired) electrons. The number of hydrogen-bond acceptors (Lipinski definition) is 3. The second kappa shape index (κ2) is 4.18. The van der Waals surface area contributed by atoms with Gasteiger partial charge in [-0.05, 0) is 6.07 Å². The maximum absolute atomic E-state index is 11.7. The molecule has 16 heavy (non-hydrogen) atoms. The van der Waals surface area contributed by atoms with Gasteiger partial charge in [0.25, 0.3) is 0 Å². The zero-order valence-corrected chi connectivity index (χ0v) is 10.8. The fraction of sp³-hybridized carbons (Fsp3) is 0.417. The summed E-state index contributed by atoms with van der Waals surface area (Å²) in [6, 6.07) is 5.49. The number of benzene rings is 1. The summed E-state index contributed by atoms with van der Waals surface area (Å²) >= 11 is 3.17. The van der Waals surface area contributed by atoms with Crippen molar-refractivity contribution in [3.63, 3.8) is 0 Å². The molecule has 3 nitrogen and oxygen atoms in total. The number of fused-ring (bicyclic) bond motifs is 1. The zero-order chi connectivity index (χ0) is 11.8. The number of rotatable bonds is 2. The Morgan fingerprint density at radius 2 is 2.25 bits per heavy atom. The van der Waals surface area contributed by atoms with Crippen LogP contribution >= 0.6 is 15.9 Å². The smallest absolute Gasteiger partial charge is 0.205 e. The van der Waals surface area contributed by atoms with E-state index in [9.17, 15) is 4.79 Å². The Morgan fingerprint density at radius 3 is 2.94 bits per heavy atom. The highest BCUT2D eigenvalue weighted by Gasteiger charge is 2.29. The van der Waals surface area contributed by atoms with E-state index >= 15 is 0 Å². The zero-order valence-electron chi connectivity index (χ0n) is 9.25. The van der Waals surface area contributed by atoms with Crippen LogP contribution in [0.3, 0.4) is 0 Å². The monoisotopic (exact) mass is 284 g/mol. The van der Waals surface area contributed by atoms with Crippen LogP contribution in [0.2, 0.25) is 0 Å². The SMILES string of the molecule is CC1(C)OCc2c(cccc2C(=O)CBr)O1. The van der Waals surface area contributed by atoms with Crippen LogP contribution in [-0.2, 0) is 11.3 Å². The minimum atomic E-state index is -0.622. The molecule has 0 amide bonds. The van der Waals surface area contributed by atoms with Crippen LogP contribution in [-0.4, -0.2) is 16.9 Å². The molecule has 0 fully saturated rings. The molecular formula is C12H13BrO3. The number of halogens is 1. The molecule has 1 aliphatic rings. The molecule has 4 heteroatoms. The van der Waals surface area contributed by atoms with Gasteiger partial charge in [-0.2, -0.15) is 0 Å². The van der Waals surface area contributed by atoms with Gasteiger partial charge in [0.2, 0.25) is 5.79 Å². The van der Waals surface area contributed by atoms with Crippen LogP contribution in [0, 0.1) is 0 Å². The third-order valence-corrected chi connectivity index (χ3v) is 2.98. The molecule has 86 valence electrons. The van der Waals surface area contributed by atoms with Crippen molar-refractivity contribution < 1.29 is 14.3 Å². The Hall–Kier alpha value is -0.870. The molecule has 0 saturated heterocycles. The number of ether oxygens (including phenoxy) is 2. The van der Waals surface area contributed by atoms with E-state index in [0.29, 0.717) is 17.5 Å². The normalized spacial score (nSPS) is 17.4. The van der Waals surface area contributed by atoms with Crippen molar-refractivity contribution in [2.45, 2.75) is 26.2 Å². The van der Waals surface area contributed by atoms with Crippen molar-refractivity contribution in [1.82, 2.24) is 0 Å². The van der Waals surface area contributed by atoms with Crippen LogP contribution in [0.1, 0.15) is 29.8 Å². The quantitative estimate of drug-likeness (QED) is 0.619. The van der Waals surface area contributed by atoms with Crippen molar-refractivity contribution >= 4 is 21.7 Å². The summed E-state index contributed by atoms with van der Waals surface area (Å²) in [6.45, 7) is 4.13. The number of Topliss-reactive ketones (excluding diaryl/α,β-unsaturated/α-hetero) is 1. The number of carbonyl (C=O) groups is 1. The Morgan fingerprint density at radius 1 is 1.50 bits per heavy atom. The van der Waals surface area contributed by atoms with Gasteiger partial charge in [-0.1, -0.05) is 28.1 Å². The fourth-order valence-corrected chi connectivity index (χ4v) is 1.99. The van der Waals surface area contributed by atoms with Gasteiger partial charge in [0, 0.05) is 25.0 Å². The predicted octanol–water partition coefficient (Wildman–Crippen LogP) is 2.91. The maximum Gasteiger partial charge on any atom is 0.205 e. The molecule has 1 heterocycles. The lowest BCUT2D eigenvalue weighted by atomic mass is 10.0. The topological polar surface area (TPSA) is 35.5 Å². The average molecular weight is 285 g/mol. The van der Waals surface area contributed by atoms with Crippen LogP contribution < -0.4 is 4.74 Å². The lowest BCUT2D eigenvalue weighted by molar-refractivity contribution is -0.180. The van der Waals surface area contributed by atoms with Gasteiger partial charge in [-0.3, -0.25) is 4.79 Å². The van der Waals surface area contributed by atoms with Crippen molar-refractivity contribution in [3.8, 4) is 5.75 Å². The third-order valence-electron chi connectivity index (χ3n) is 2.47. The minimum Gasteiger partial charge on any atom is -0.463 e. The van der Waals surface area contributed by atoms with Crippen LogP contribution in [0.4, 0.5) is 0 Å². The minimum absolute atomic E-state index is 0.0451. The van der Waals surface area contributed by atoms with Crippen molar-refractivity contribution in [2.24, 2.45) is 0 Å². The van der Waals surface area contributed by atoms with E-state index in [4.69, 9.17) is 9.47 Å². The highest BCUT2D eigenvalue weighted by Crippen LogP contribution is 2.33. The van der Waals surface area contributed by atoms with Crippen molar-refractivity contribution in [1.29, 1.82) is 0 Å². The summed E-state index contributed by atoms with van der Waals surface area (Å²) in [5.74, 6) is 0.162. The Balaban J connectivity index is 2.43. The third kappa shape index (κ3) is 2.13. The summed E-state index contributed by atoms with van der Waals surface area (Å²) in [5.41, 5.74) is 1.51. The number of hydrogen-bond donors (Lipinski definition) is 0. The first-order chi connectivity index (χ1) is 7.53. The fourth-order valence-electron chi connectivity index (χ4n) is 1.68. The van der Waals surface area contributed by atoms with E-state index < -0.39 is 5.79 Å². The molecule has 0 aliphatic carbocycles. The Kier molecular flexibility index (Phi) is 3.04. The molecular weight excluding hydrogens is 272 g/mol. The molecule has 0 saturated carbocycles. The first kappa shape index (κ1) is 11.6. The number of alkyl halides is 1. The highest BCUT2D eigenvalue weighted by atomic mass is 79.9. The summed E-state index contributed by atoms with van der Waals surface area (Å²) in [4.78, 5) is 11.7. The number of ketones is 1. The van der Waals surface area contributed by atoms with Gasteiger partial charge in [0.15, 0.2) is 5.78 Å². The highest BCUT2D eigenvalue weighted by molar-refractivity contribution is 9.09. The van der Waals surface area contributed by atoms with E-state index in [1.54, 1.807) is 6.07 Å². The van der Waals surface area contributed by atoms with Crippen molar-refractivity contribution in [3.05, 3.63) is 29.3 Å². The van der Waals surface area contributed by atoms with Crippen LogP contribution in [0.5, 0.6) is 5.75 Å². The van der Waals surface area contributed by atoms with E-state index in [0.717, 1.165) is 11.3 Å². The number of carbonyl (C=O) groups excluding carboxylic acids is 1. The van der Waals surface area contributed by atoms with Gasteiger partial charge >= 0.3 is 0 Å². The first-order valence-corrected chi connectivity index (χ1v) is 6.20. The van der Waals surface area contributed by atoms with E-state index in [1.807, 2.05) is 26.0 Å². The average Bonchev–Trinajstić information content (AvgIpc) is 2.25. The Labute approximate surface area is 103 Å². The summed E-state index contributed by atoms with van der Waals surface area (Å²) in [7, 11) is 0. The molecule has 2 rings (SSSR count). The second-order valence-electron chi connectivity index (χ2n) is 4.13. The molecule has 1 aromatic rings. The molecule has 0 bridgehead atoms. The largest absolute Gasteiger partial charge is 0.463 e. The molecule has 0 atom stereocenters. The van der Waals surface area contributed by atoms with E-state index in [1.165, 1.54) is 0 Å². The molecule has 0 aromatic heterocycles. The van der Waals surface area contributed by atoms with Gasteiger partial charge in [-0.15, -0.1) is 0 Å². The standard InChI is InChI=1S/C12H13BrO3/c1-12(2)15-7-9-8(10(14)6-13)4-3-5-11(9)16-12/h3-5H,6-7H2,1-2H3. The Bertz CT molecular complexity index is 426. The summed E-state index contributed by atoms with van der Waals surface area (Å²) in [5, 5.41) is 0.312. The maximum atomic E-state index is 11.7. The first-order valence-electron chi connectivity index (χ1n) is 5.07.